The maximum Gasteiger partial charge on any atom is 0.334 e. The van der Waals surface area contributed by atoms with Crippen molar-refractivity contribution < 1.29 is 28.8 Å². The molecule has 0 aromatic heterocycles. The molecule has 10 atom stereocenters. The number of esters is 1. The quantitative estimate of drug-likeness (QED) is 0.0508. The van der Waals surface area contributed by atoms with Crippen LogP contribution in [0.5, 0.6) is 0 Å². The molecule has 0 aromatic rings. The highest BCUT2D eigenvalue weighted by atomic mass is 16.6. The number of rotatable bonds is 27. The molecule has 1 aliphatic heterocycles. The summed E-state index contributed by atoms with van der Waals surface area (Å²) in [7, 11) is 0. The van der Waals surface area contributed by atoms with E-state index in [0.717, 1.165) is 73.2 Å². The Morgan fingerprint density at radius 3 is 2.20 bits per heavy atom. The van der Waals surface area contributed by atoms with Crippen LogP contribution in [0.15, 0.2) is 23.3 Å². The summed E-state index contributed by atoms with van der Waals surface area (Å²) >= 11 is 0. The zero-order valence-electron chi connectivity index (χ0n) is 37.1. The van der Waals surface area contributed by atoms with Gasteiger partial charge in [-0.2, -0.15) is 0 Å². The predicted octanol–water partition coefficient (Wildman–Crippen LogP) is 12.4. The molecule has 56 heavy (non-hydrogen) atoms. The minimum Gasteiger partial charge on any atom is -0.455 e. The summed E-state index contributed by atoms with van der Waals surface area (Å²) in [5.41, 5.74) is 3.51. The second-order valence-corrected chi connectivity index (χ2v) is 20.2. The highest BCUT2D eigenvalue weighted by molar-refractivity contribution is 5.90. The summed E-state index contributed by atoms with van der Waals surface area (Å²) in [5, 5.41) is 10.3. The molecule has 0 bridgehead atoms. The molecule has 0 amide bonds. The van der Waals surface area contributed by atoms with Crippen LogP contribution < -0.4 is 0 Å². The second-order valence-electron chi connectivity index (χ2n) is 20.2. The van der Waals surface area contributed by atoms with Gasteiger partial charge in [0.25, 0.3) is 0 Å². The van der Waals surface area contributed by atoms with Gasteiger partial charge in [-0.15, -0.1) is 0 Å². The SMILES string of the molecule is CC(C)CCC[C@@H](C)[C@H]1CC[C@H]2[C@@H]3CC=C4CC(OCCOCCOC[C@@H](O)CCCCCCCCCCCCC5=C[C@H](C)OC5=O)CC[C@]4(C)[C@H]3CC[C@]12C. The van der Waals surface area contributed by atoms with Crippen molar-refractivity contribution in [2.75, 3.05) is 33.0 Å². The van der Waals surface area contributed by atoms with E-state index in [0.29, 0.717) is 50.0 Å². The Morgan fingerprint density at radius 2 is 1.48 bits per heavy atom. The van der Waals surface area contributed by atoms with Gasteiger partial charge in [0.05, 0.1) is 45.2 Å². The molecule has 5 aliphatic rings. The molecule has 3 fully saturated rings. The first-order valence-electron chi connectivity index (χ1n) is 24.1. The number of aliphatic hydroxyl groups is 1. The summed E-state index contributed by atoms with van der Waals surface area (Å²) in [6.45, 7) is 17.3. The van der Waals surface area contributed by atoms with Gasteiger partial charge in [0, 0.05) is 5.57 Å². The zero-order chi connectivity index (χ0) is 40.0. The summed E-state index contributed by atoms with van der Waals surface area (Å²) in [6, 6.07) is 0. The van der Waals surface area contributed by atoms with Gasteiger partial charge in [0.1, 0.15) is 6.10 Å². The molecule has 5 rings (SSSR count). The number of hydrogen-bond donors (Lipinski definition) is 1. The molecule has 3 saturated carbocycles. The molecule has 0 saturated heterocycles. The van der Waals surface area contributed by atoms with E-state index in [1.165, 1.54) is 116 Å². The van der Waals surface area contributed by atoms with Crippen LogP contribution >= 0.6 is 0 Å². The molecule has 0 radical (unpaired) electrons. The molecule has 6 nitrogen and oxygen atoms in total. The van der Waals surface area contributed by atoms with Crippen LogP contribution in [0.2, 0.25) is 0 Å². The highest BCUT2D eigenvalue weighted by Gasteiger charge is 2.59. The van der Waals surface area contributed by atoms with Gasteiger partial charge in [-0.25, -0.2) is 4.79 Å². The van der Waals surface area contributed by atoms with Crippen LogP contribution in [0.1, 0.15) is 189 Å². The third kappa shape index (κ3) is 12.9. The van der Waals surface area contributed by atoms with E-state index in [2.05, 4.69) is 40.7 Å². The first kappa shape index (κ1) is 45.9. The Balaban J connectivity index is 0.840. The average molecular weight is 783 g/mol. The fourth-order valence-corrected chi connectivity index (χ4v) is 12.5. The van der Waals surface area contributed by atoms with Gasteiger partial charge < -0.3 is 24.1 Å². The fraction of sp³-hybridized carbons (Fsp3) is 0.900. The Bertz CT molecular complexity index is 1230. The summed E-state index contributed by atoms with van der Waals surface area (Å²) in [4.78, 5) is 11.7. The number of carbonyl (C=O) groups is 1. The van der Waals surface area contributed by atoms with Gasteiger partial charge in [-0.05, 0) is 130 Å². The third-order valence-electron chi connectivity index (χ3n) is 15.7. The monoisotopic (exact) mass is 783 g/mol. The maximum atomic E-state index is 11.7. The van der Waals surface area contributed by atoms with Crippen molar-refractivity contribution >= 4 is 5.97 Å². The normalized spacial score (nSPS) is 32.4. The third-order valence-corrected chi connectivity index (χ3v) is 15.7. The van der Waals surface area contributed by atoms with Crippen molar-refractivity contribution in [1.82, 2.24) is 0 Å². The van der Waals surface area contributed by atoms with E-state index in [1.807, 2.05) is 13.0 Å². The lowest BCUT2D eigenvalue weighted by atomic mass is 9.47. The molecule has 1 unspecified atom stereocenters. The van der Waals surface area contributed by atoms with Crippen molar-refractivity contribution in [3.8, 4) is 0 Å². The Hall–Kier alpha value is -1.21. The van der Waals surface area contributed by atoms with Crippen LogP contribution in [-0.4, -0.2) is 62.4 Å². The number of hydrogen-bond acceptors (Lipinski definition) is 6. The van der Waals surface area contributed by atoms with Crippen molar-refractivity contribution in [3.63, 3.8) is 0 Å². The highest BCUT2D eigenvalue weighted by Crippen LogP contribution is 2.67. The van der Waals surface area contributed by atoms with Crippen LogP contribution in [0, 0.1) is 46.3 Å². The minimum absolute atomic E-state index is 0.0460. The maximum absolute atomic E-state index is 11.7. The molecular formula is C50H86O6. The molecule has 6 heteroatoms. The number of carbonyl (C=O) groups excluding carboxylic acids is 1. The van der Waals surface area contributed by atoms with E-state index >= 15 is 0 Å². The standard InChI is InChI=1S/C50H86O6/c1-37(2)18-17-19-38(3)45-24-25-46-44-23-22-41-35-43(26-28-49(41,5)47(44)27-29-50(45,46)6)55-33-32-53-30-31-54-36-42(51)21-16-14-12-10-8-7-9-11-13-15-20-40-34-39(4)56-48(40)52/h22,34,37-39,42-47,51H,7-21,23-33,35-36H2,1-6H3/t38-,39+,42+,43?,44+,45-,46+,47+,49+,50-/m1/s1. The number of cyclic esters (lactones) is 1. The average Bonchev–Trinajstić information content (AvgIpc) is 3.69. The fourth-order valence-electron chi connectivity index (χ4n) is 12.5. The van der Waals surface area contributed by atoms with Gasteiger partial charge in [0.15, 0.2) is 0 Å². The molecule has 322 valence electrons. The van der Waals surface area contributed by atoms with Gasteiger partial charge >= 0.3 is 5.97 Å². The topological polar surface area (TPSA) is 74.2 Å². The van der Waals surface area contributed by atoms with Crippen LogP contribution in [0.25, 0.3) is 0 Å². The van der Waals surface area contributed by atoms with Crippen LogP contribution in [0.3, 0.4) is 0 Å². The molecule has 1 heterocycles. The number of ether oxygens (including phenoxy) is 4. The lowest BCUT2D eigenvalue weighted by Crippen LogP contribution is -2.51. The Labute approximate surface area is 344 Å². The molecular weight excluding hydrogens is 697 g/mol. The number of unbranched alkanes of at least 4 members (excludes halogenated alkanes) is 9. The lowest BCUT2D eigenvalue weighted by Gasteiger charge is -2.58. The smallest absolute Gasteiger partial charge is 0.334 e. The van der Waals surface area contributed by atoms with Gasteiger partial charge in [0.2, 0.25) is 0 Å². The first-order chi connectivity index (χ1) is 27.0. The van der Waals surface area contributed by atoms with E-state index < -0.39 is 0 Å². The van der Waals surface area contributed by atoms with Crippen molar-refractivity contribution in [2.45, 2.75) is 208 Å². The number of aliphatic hydroxyl groups excluding tert-OH is 1. The van der Waals surface area contributed by atoms with Gasteiger partial charge in [-0.3, -0.25) is 0 Å². The van der Waals surface area contributed by atoms with Crippen molar-refractivity contribution in [2.24, 2.45) is 46.3 Å². The van der Waals surface area contributed by atoms with Crippen molar-refractivity contribution in [1.29, 1.82) is 0 Å². The largest absolute Gasteiger partial charge is 0.455 e. The minimum atomic E-state index is -0.383. The molecule has 1 N–H and O–H groups in total. The van der Waals surface area contributed by atoms with E-state index in [-0.39, 0.29) is 18.2 Å². The predicted molar refractivity (Wildman–Crippen MR) is 229 cm³/mol. The summed E-state index contributed by atoms with van der Waals surface area (Å²) in [5.74, 6) is 5.20. The second kappa shape index (κ2) is 23.0. The molecule has 0 spiro atoms. The summed E-state index contributed by atoms with van der Waals surface area (Å²) < 4.78 is 23.1. The Morgan fingerprint density at radius 1 is 0.786 bits per heavy atom. The van der Waals surface area contributed by atoms with Gasteiger partial charge in [-0.1, -0.05) is 123 Å². The Kier molecular flexibility index (Phi) is 18.8. The van der Waals surface area contributed by atoms with Crippen LogP contribution in [-0.2, 0) is 23.7 Å². The first-order valence-corrected chi connectivity index (χ1v) is 24.1. The molecule has 0 aromatic carbocycles. The number of allylic oxidation sites excluding steroid dienone is 1. The van der Waals surface area contributed by atoms with E-state index in [9.17, 15) is 9.90 Å². The van der Waals surface area contributed by atoms with Crippen LogP contribution in [0.4, 0.5) is 0 Å². The molecule has 4 aliphatic carbocycles. The van der Waals surface area contributed by atoms with Crippen molar-refractivity contribution in [3.05, 3.63) is 23.3 Å². The van der Waals surface area contributed by atoms with E-state index in [1.54, 1.807) is 5.57 Å². The zero-order valence-corrected chi connectivity index (χ0v) is 37.1. The summed E-state index contributed by atoms with van der Waals surface area (Å²) in [6.07, 6.45) is 33.3. The number of fused-ring (bicyclic) bond motifs is 5. The lowest BCUT2D eigenvalue weighted by molar-refractivity contribution is -0.139. The van der Waals surface area contributed by atoms with E-state index in [4.69, 9.17) is 18.9 Å².